The first-order valence-corrected chi connectivity index (χ1v) is 8.47. The van der Waals surface area contributed by atoms with Gasteiger partial charge in [-0.1, -0.05) is 36.4 Å². The average Bonchev–Trinajstić information content (AvgIpc) is 2.43. The van der Waals surface area contributed by atoms with Crippen molar-refractivity contribution < 1.29 is 0 Å². The number of benzene rings is 2. The van der Waals surface area contributed by atoms with E-state index in [1.807, 2.05) is 0 Å². The van der Waals surface area contributed by atoms with Crippen molar-refractivity contribution in [3.8, 4) is 0 Å². The smallest absolute Gasteiger partial charge is 0.0991 e. The van der Waals surface area contributed by atoms with Crippen molar-refractivity contribution in [3.63, 3.8) is 0 Å². The lowest BCUT2D eigenvalue weighted by atomic mass is 10.4. The molecular weight excluding hydrogens is 350 g/mol. The summed E-state index contributed by atoms with van der Waals surface area (Å²) in [4.78, 5) is 0. The van der Waals surface area contributed by atoms with Crippen molar-refractivity contribution >= 4 is 41.8 Å². The molecule has 2 heteroatoms. The molecule has 96 valence electrons. The van der Waals surface area contributed by atoms with E-state index in [-0.39, 0.29) is 24.0 Å². The highest BCUT2D eigenvalue weighted by Crippen LogP contribution is 2.55. The summed E-state index contributed by atoms with van der Waals surface area (Å²) in [5.74, 6) is 0. The molecule has 0 saturated carbocycles. The van der Waals surface area contributed by atoms with Crippen molar-refractivity contribution in [3.05, 3.63) is 60.7 Å². The Hall–Kier alpha value is -0.400. The van der Waals surface area contributed by atoms with Gasteiger partial charge < -0.3 is 0 Å². The Kier molecular flexibility index (Phi) is 6.31. The minimum Gasteiger partial charge on any atom is -0.107 e. The molecule has 0 bridgehead atoms. The zero-order valence-corrected chi connectivity index (χ0v) is 14.3. The van der Waals surface area contributed by atoms with Crippen LogP contribution in [0.2, 0.25) is 0 Å². The van der Waals surface area contributed by atoms with E-state index in [4.69, 9.17) is 0 Å². The molecule has 0 aliphatic heterocycles. The molecule has 0 saturated heterocycles. The van der Waals surface area contributed by atoms with Gasteiger partial charge in [0, 0.05) is 0 Å². The van der Waals surface area contributed by atoms with E-state index in [0.717, 1.165) is 0 Å². The first-order valence-electron chi connectivity index (χ1n) is 6.32. The zero-order chi connectivity index (χ0) is 12.1. The fraction of sp³-hybridized carbons (Fsp3) is 0.250. The molecule has 0 unspecified atom stereocenters. The molecule has 0 nitrogen and oxygen atoms in total. The number of hydrogen-bond donors (Lipinski definition) is 0. The Morgan fingerprint density at radius 1 is 0.667 bits per heavy atom. The van der Waals surface area contributed by atoms with Crippen LogP contribution < -0.4 is 10.6 Å². The predicted octanol–water partition coefficient (Wildman–Crippen LogP) is 4.31. The Morgan fingerprint density at radius 3 is 1.28 bits per heavy atom. The topological polar surface area (TPSA) is 0 Å². The van der Waals surface area contributed by atoms with Crippen molar-refractivity contribution in [2.45, 2.75) is 13.8 Å². The van der Waals surface area contributed by atoms with Gasteiger partial charge in [0.2, 0.25) is 0 Å². The second-order valence-corrected chi connectivity index (χ2v) is 8.50. The average molecular weight is 371 g/mol. The Balaban J connectivity index is 0.00000162. The lowest BCUT2D eigenvalue weighted by Crippen LogP contribution is -2.25. The minimum atomic E-state index is -1.16. The molecule has 2 aromatic rings. The van der Waals surface area contributed by atoms with Crippen molar-refractivity contribution in [2.75, 3.05) is 12.3 Å². The van der Waals surface area contributed by atoms with Gasteiger partial charge in [-0.3, -0.25) is 0 Å². The Bertz CT molecular complexity index is 408. The molecule has 0 spiro atoms. The SMILES string of the molecule is CC[P+](CC)(c1ccccc1)c1ccccc1.I. The summed E-state index contributed by atoms with van der Waals surface area (Å²) in [6, 6.07) is 22.1. The van der Waals surface area contributed by atoms with Crippen molar-refractivity contribution in [1.29, 1.82) is 0 Å². The lowest BCUT2D eigenvalue weighted by molar-refractivity contribution is 1.39. The molecule has 2 rings (SSSR count). The molecule has 0 aliphatic carbocycles. The largest absolute Gasteiger partial charge is 0.107 e. The van der Waals surface area contributed by atoms with Crippen LogP contribution >= 0.6 is 31.2 Å². The molecule has 0 N–H and O–H groups in total. The van der Waals surface area contributed by atoms with E-state index in [0.29, 0.717) is 0 Å². The maximum Gasteiger partial charge on any atom is 0.0991 e. The number of hydrogen-bond acceptors (Lipinski definition) is 0. The fourth-order valence-corrected chi connectivity index (χ4v) is 6.22. The third kappa shape index (κ3) is 2.95. The van der Waals surface area contributed by atoms with Crippen LogP contribution in [0.1, 0.15) is 13.8 Å². The lowest BCUT2D eigenvalue weighted by Gasteiger charge is -2.24. The standard InChI is InChI=1S/C16H20P.HI/c1-3-17(4-2,15-11-7-5-8-12-15)16-13-9-6-10-14-16;/h5-14H,3-4H2,1-2H3;1H/q+1;. The minimum absolute atomic E-state index is 0. The molecule has 0 aromatic heterocycles. The van der Waals surface area contributed by atoms with E-state index >= 15 is 0 Å². The molecule has 2 aromatic carbocycles. The van der Waals surface area contributed by atoms with Gasteiger partial charge in [-0.25, -0.2) is 0 Å². The van der Waals surface area contributed by atoms with Crippen LogP contribution in [0.4, 0.5) is 0 Å². The summed E-state index contributed by atoms with van der Waals surface area (Å²) in [5, 5.41) is 3.08. The van der Waals surface area contributed by atoms with Gasteiger partial charge in [0.05, 0.1) is 30.2 Å². The van der Waals surface area contributed by atoms with Crippen LogP contribution in [-0.4, -0.2) is 12.3 Å². The third-order valence-corrected chi connectivity index (χ3v) is 8.31. The molecular formula is C16H21IP+. The highest BCUT2D eigenvalue weighted by Gasteiger charge is 2.38. The predicted molar refractivity (Wildman–Crippen MR) is 95.6 cm³/mol. The molecule has 0 heterocycles. The number of rotatable bonds is 4. The van der Waals surface area contributed by atoms with Crippen molar-refractivity contribution in [1.82, 2.24) is 0 Å². The van der Waals surface area contributed by atoms with E-state index in [1.165, 1.54) is 22.9 Å². The molecule has 0 fully saturated rings. The van der Waals surface area contributed by atoms with Gasteiger partial charge in [-0.15, -0.1) is 24.0 Å². The molecule has 0 amide bonds. The molecule has 0 radical (unpaired) electrons. The summed E-state index contributed by atoms with van der Waals surface area (Å²) < 4.78 is 0. The van der Waals surface area contributed by atoms with E-state index in [2.05, 4.69) is 74.5 Å². The van der Waals surface area contributed by atoms with E-state index < -0.39 is 7.26 Å². The first-order chi connectivity index (χ1) is 8.33. The van der Waals surface area contributed by atoms with Gasteiger partial charge in [0.1, 0.15) is 0 Å². The molecule has 0 aliphatic rings. The first kappa shape index (κ1) is 15.7. The summed E-state index contributed by atoms with van der Waals surface area (Å²) >= 11 is 0. The van der Waals surface area contributed by atoms with Gasteiger partial charge in [0.25, 0.3) is 0 Å². The van der Waals surface area contributed by atoms with E-state index in [9.17, 15) is 0 Å². The normalized spacial score (nSPS) is 10.8. The van der Waals surface area contributed by atoms with E-state index in [1.54, 1.807) is 0 Å². The zero-order valence-electron chi connectivity index (χ0n) is 11.0. The van der Waals surface area contributed by atoms with Gasteiger partial charge in [-0.05, 0) is 38.1 Å². The van der Waals surface area contributed by atoms with Crippen LogP contribution in [0, 0.1) is 0 Å². The summed E-state index contributed by atoms with van der Waals surface area (Å²) in [5.41, 5.74) is 0. The highest BCUT2D eigenvalue weighted by molar-refractivity contribution is 14.0. The van der Waals surface area contributed by atoms with Crippen LogP contribution in [0.5, 0.6) is 0 Å². The van der Waals surface area contributed by atoms with Gasteiger partial charge in [0.15, 0.2) is 0 Å². The van der Waals surface area contributed by atoms with Crippen LogP contribution in [0.25, 0.3) is 0 Å². The second kappa shape index (κ2) is 7.25. The summed E-state index contributed by atoms with van der Waals surface area (Å²) in [6.07, 6.45) is 2.50. The number of halogens is 1. The molecule has 18 heavy (non-hydrogen) atoms. The summed E-state index contributed by atoms with van der Waals surface area (Å²) in [7, 11) is -1.16. The van der Waals surface area contributed by atoms with Crippen LogP contribution in [0.15, 0.2) is 60.7 Å². The maximum absolute atomic E-state index is 2.33. The van der Waals surface area contributed by atoms with Gasteiger partial charge >= 0.3 is 0 Å². The van der Waals surface area contributed by atoms with Gasteiger partial charge in [-0.2, -0.15) is 0 Å². The van der Waals surface area contributed by atoms with Crippen LogP contribution in [-0.2, 0) is 0 Å². The third-order valence-electron chi connectivity index (χ3n) is 3.58. The molecule has 0 atom stereocenters. The monoisotopic (exact) mass is 371 g/mol. The van der Waals surface area contributed by atoms with Crippen molar-refractivity contribution in [2.24, 2.45) is 0 Å². The Labute approximate surface area is 128 Å². The second-order valence-electron chi connectivity index (χ2n) is 4.27. The summed E-state index contributed by atoms with van der Waals surface area (Å²) in [6.45, 7) is 4.66. The quantitative estimate of drug-likeness (QED) is 0.555. The van der Waals surface area contributed by atoms with Crippen LogP contribution in [0.3, 0.4) is 0 Å². The Morgan fingerprint density at radius 2 is 1.00 bits per heavy atom. The highest BCUT2D eigenvalue weighted by atomic mass is 127. The maximum atomic E-state index is 2.33. The fourth-order valence-electron chi connectivity index (χ4n) is 2.53.